The van der Waals surface area contributed by atoms with E-state index in [4.69, 9.17) is 0 Å². The molecule has 0 saturated heterocycles. The lowest BCUT2D eigenvalue weighted by atomic mass is 10.2. The Morgan fingerprint density at radius 2 is 2.04 bits per heavy atom. The fourth-order valence-electron chi connectivity index (χ4n) is 3.56. The summed E-state index contributed by atoms with van der Waals surface area (Å²) in [5.41, 5.74) is 2.00. The van der Waals surface area contributed by atoms with E-state index in [1.807, 2.05) is 6.92 Å². The van der Waals surface area contributed by atoms with Crippen molar-refractivity contribution in [3.63, 3.8) is 0 Å². The maximum absolute atomic E-state index is 13.3. The fourth-order valence-corrected chi connectivity index (χ4v) is 4.39. The number of benzene rings is 1. The summed E-state index contributed by atoms with van der Waals surface area (Å²) in [6, 6.07) is 7.70. The zero-order valence-electron chi connectivity index (χ0n) is 15.5. The molecule has 1 aromatic carbocycles. The van der Waals surface area contributed by atoms with Gasteiger partial charge in [-0.05, 0) is 50.1 Å². The summed E-state index contributed by atoms with van der Waals surface area (Å²) in [7, 11) is 0. The van der Waals surface area contributed by atoms with Crippen molar-refractivity contribution in [3.8, 4) is 5.69 Å². The van der Waals surface area contributed by atoms with Crippen molar-refractivity contribution in [3.05, 3.63) is 52.2 Å². The van der Waals surface area contributed by atoms with Crippen molar-refractivity contribution in [2.24, 2.45) is 0 Å². The maximum atomic E-state index is 13.3. The van der Waals surface area contributed by atoms with Gasteiger partial charge in [0.15, 0.2) is 5.16 Å². The molecule has 4 rings (SSSR count). The Bertz CT molecular complexity index is 1070. The van der Waals surface area contributed by atoms with Crippen LogP contribution in [0.4, 0.5) is 4.39 Å². The van der Waals surface area contributed by atoms with Crippen LogP contribution in [0.15, 0.2) is 40.3 Å². The van der Waals surface area contributed by atoms with Gasteiger partial charge >= 0.3 is 0 Å². The third-order valence-electron chi connectivity index (χ3n) is 4.89. The highest BCUT2D eigenvalue weighted by molar-refractivity contribution is 7.99. The molecule has 2 aromatic heterocycles. The normalized spacial score (nSPS) is 14.6. The highest BCUT2D eigenvalue weighted by Crippen LogP contribution is 2.23. The van der Waals surface area contributed by atoms with Crippen molar-refractivity contribution < 1.29 is 9.18 Å². The molecule has 2 N–H and O–H groups in total. The molecule has 1 amide bonds. The smallest absolute Gasteiger partial charge is 0.283 e. The lowest BCUT2D eigenvalue weighted by Crippen LogP contribution is -2.34. The third kappa shape index (κ3) is 3.82. The van der Waals surface area contributed by atoms with Gasteiger partial charge in [-0.15, -0.1) is 0 Å². The minimum absolute atomic E-state index is 0.0675. The number of aromatic amines is 1. The van der Waals surface area contributed by atoms with Crippen LogP contribution in [0.1, 0.15) is 31.4 Å². The largest absolute Gasteiger partial charge is 0.353 e. The second-order valence-corrected chi connectivity index (χ2v) is 8.00. The zero-order chi connectivity index (χ0) is 19.7. The number of halogens is 1. The zero-order valence-corrected chi connectivity index (χ0v) is 16.3. The first-order valence-corrected chi connectivity index (χ1v) is 10.3. The van der Waals surface area contributed by atoms with E-state index in [1.165, 1.54) is 40.6 Å². The van der Waals surface area contributed by atoms with Crippen molar-refractivity contribution in [2.45, 2.75) is 43.8 Å². The number of amides is 1. The number of aromatic nitrogens is 3. The summed E-state index contributed by atoms with van der Waals surface area (Å²) >= 11 is 1.21. The van der Waals surface area contributed by atoms with E-state index in [0.717, 1.165) is 31.4 Å². The molecule has 1 fully saturated rings. The molecule has 28 heavy (non-hydrogen) atoms. The number of thioether (sulfide) groups is 1. The van der Waals surface area contributed by atoms with Gasteiger partial charge in [0.25, 0.3) is 5.56 Å². The monoisotopic (exact) mass is 400 g/mol. The number of nitrogens with zero attached hydrogens (tertiary/aromatic N) is 2. The Morgan fingerprint density at radius 3 is 2.75 bits per heavy atom. The molecule has 0 bridgehead atoms. The topological polar surface area (TPSA) is 79.8 Å². The first-order valence-electron chi connectivity index (χ1n) is 9.32. The predicted octanol–water partition coefficient (Wildman–Crippen LogP) is 3.31. The number of aryl methyl sites for hydroxylation is 1. The summed E-state index contributed by atoms with van der Waals surface area (Å²) < 4.78 is 14.8. The molecular formula is C20H21FN4O2S. The maximum Gasteiger partial charge on any atom is 0.283 e. The van der Waals surface area contributed by atoms with E-state index in [2.05, 4.69) is 15.3 Å². The minimum atomic E-state index is -0.383. The standard InChI is InChI=1S/C20H21FN4O2S/c1-12-10-16-18(22-12)19(27)25(15-8-6-13(21)7-9-15)20(24-16)28-11-17(26)23-14-4-2-3-5-14/h6-10,14,22H,2-5,11H2,1H3,(H,23,26). The van der Waals surface area contributed by atoms with Gasteiger partial charge in [0.2, 0.25) is 5.91 Å². The first-order chi connectivity index (χ1) is 13.5. The number of carbonyl (C=O) groups is 1. The van der Waals surface area contributed by atoms with E-state index in [0.29, 0.717) is 21.9 Å². The number of nitrogens with one attached hydrogen (secondary N) is 2. The average molecular weight is 400 g/mol. The molecule has 2 heterocycles. The number of fused-ring (bicyclic) bond motifs is 1. The molecule has 146 valence electrons. The van der Waals surface area contributed by atoms with Gasteiger partial charge in [0, 0.05) is 11.7 Å². The molecule has 0 aliphatic heterocycles. The summed E-state index contributed by atoms with van der Waals surface area (Å²) in [6.45, 7) is 1.85. The van der Waals surface area contributed by atoms with E-state index in [1.54, 1.807) is 6.07 Å². The lowest BCUT2D eigenvalue weighted by Gasteiger charge is -2.14. The molecule has 1 aliphatic rings. The SMILES string of the molecule is Cc1cc2nc(SCC(=O)NC3CCCC3)n(-c3ccc(F)cc3)c(=O)c2[nH]1. The summed E-state index contributed by atoms with van der Waals surface area (Å²) in [6.07, 6.45) is 4.33. The van der Waals surface area contributed by atoms with Crippen molar-refractivity contribution in [1.82, 2.24) is 19.9 Å². The fraction of sp³-hybridized carbons (Fsp3) is 0.350. The average Bonchev–Trinajstić information content (AvgIpc) is 3.30. The van der Waals surface area contributed by atoms with Crippen LogP contribution in [-0.4, -0.2) is 32.2 Å². The van der Waals surface area contributed by atoms with Crippen molar-refractivity contribution in [2.75, 3.05) is 5.75 Å². The molecule has 1 aliphatic carbocycles. The summed E-state index contributed by atoms with van der Waals surface area (Å²) in [5.74, 6) is -0.284. The Hall–Kier alpha value is -2.61. The molecule has 6 nitrogen and oxygen atoms in total. The van der Waals surface area contributed by atoms with Gasteiger partial charge in [0.05, 0.1) is 17.0 Å². The van der Waals surface area contributed by atoms with Crippen LogP contribution in [0, 0.1) is 12.7 Å². The Kier molecular flexibility index (Phi) is 5.21. The highest BCUT2D eigenvalue weighted by Gasteiger charge is 2.19. The van der Waals surface area contributed by atoms with Gasteiger partial charge in [-0.25, -0.2) is 9.37 Å². The van der Waals surface area contributed by atoms with Gasteiger partial charge in [-0.2, -0.15) is 0 Å². The number of hydrogen-bond acceptors (Lipinski definition) is 4. The van der Waals surface area contributed by atoms with E-state index < -0.39 is 0 Å². The van der Waals surface area contributed by atoms with Crippen LogP contribution >= 0.6 is 11.8 Å². The number of hydrogen-bond donors (Lipinski definition) is 2. The summed E-state index contributed by atoms with van der Waals surface area (Å²) in [4.78, 5) is 33.0. The van der Waals surface area contributed by atoms with Gasteiger partial charge in [-0.1, -0.05) is 24.6 Å². The van der Waals surface area contributed by atoms with Crippen LogP contribution in [0.25, 0.3) is 16.7 Å². The molecule has 0 unspecified atom stereocenters. The van der Waals surface area contributed by atoms with Crippen molar-refractivity contribution in [1.29, 1.82) is 0 Å². The van der Waals surface area contributed by atoms with Crippen LogP contribution in [0.2, 0.25) is 0 Å². The van der Waals surface area contributed by atoms with E-state index >= 15 is 0 Å². The van der Waals surface area contributed by atoms with E-state index in [9.17, 15) is 14.0 Å². The first kappa shape index (κ1) is 18.7. The Balaban J connectivity index is 1.67. The molecular weight excluding hydrogens is 379 g/mol. The number of rotatable bonds is 5. The van der Waals surface area contributed by atoms with Gasteiger partial charge < -0.3 is 10.3 Å². The van der Waals surface area contributed by atoms with E-state index in [-0.39, 0.29) is 29.1 Å². The van der Waals surface area contributed by atoms with Gasteiger partial charge in [-0.3, -0.25) is 14.2 Å². The van der Waals surface area contributed by atoms with Crippen molar-refractivity contribution >= 4 is 28.7 Å². The molecule has 3 aromatic rings. The van der Waals surface area contributed by atoms with Crippen LogP contribution in [0.5, 0.6) is 0 Å². The molecule has 0 spiro atoms. The molecule has 1 saturated carbocycles. The molecule has 0 radical (unpaired) electrons. The lowest BCUT2D eigenvalue weighted by molar-refractivity contribution is -0.119. The van der Waals surface area contributed by atoms with Gasteiger partial charge in [0.1, 0.15) is 11.3 Å². The second-order valence-electron chi connectivity index (χ2n) is 7.06. The van der Waals surface area contributed by atoms with Crippen LogP contribution < -0.4 is 10.9 Å². The Labute approximate surface area is 165 Å². The minimum Gasteiger partial charge on any atom is -0.353 e. The molecule has 0 atom stereocenters. The predicted molar refractivity (Wildman–Crippen MR) is 108 cm³/mol. The number of carbonyl (C=O) groups excluding carboxylic acids is 1. The quantitative estimate of drug-likeness (QED) is 0.509. The van der Waals surface area contributed by atoms with Crippen LogP contribution in [-0.2, 0) is 4.79 Å². The highest BCUT2D eigenvalue weighted by atomic mass is 32.2. The Morgan fingerprint density at radius 1 is 1.32 bits per heavy atom. The number of H-pyrrole nitrogens is 1. The third-order valence-corrected chi connectivity index (χ3v) is 5.83. The second kappa shape index (κ2) is 7.79. The summed E-state index contributed by atoms with van der Waals surface area (Å²) in [5, 5.41) is 3.45. The molecule has 8 heteroatoms. The van der Waals surface area contributed by atoms with Crippen LogP contribution in [0.3, 0.4) is 0 Å².